The third kappa shape index (κ3) is 4.58. The van der Waals surface area contributed by atoms with E-state index in [9.17, 15) is 4.79 Å². The van der Waals surface area contributed by atoms with Crippen LogP contribution in [-0.2, 0) is 0 Å². The normalized spacial score (nSPS) is 10.9. The van der Waals surface area contributed by atoms with Gasteiger partial charge in [0, 0.05) is 27.1 Å². The maximum Gasteiger partial charge on any atom is 0.189 e. The van der Waals surface area contributed by atoms with Gasteiger partial charge in [0.2, 0.25) is 0 Å². The van der Waals surface area contributed by atoms with Crippen LogP contribution >= 0.6 is 15.9 Å². The lowest BCUT2D eigenvalue weighted by Gasteiger charge is -2.06. The Bertz CT molecular complexity index is 717. The van der Waals surface area contributed by atoms with Gasteiger partial charge in [-0.3, -0.25) is 4.79 Å². The monoisotopic (exact) mass is 355 g/mol. The maximum absolute atomic E-state index is 12.6. The minimum atomic E-state index is -0.0448. The number of rotatable bonds is 6. The standard InChI is InChI=1S/C17H14BrN3O/c18-16-8-6-13(7-9-16)12-15(10-11-20-21-19)17(22)14-4-2-1-3-5-14/h1-9,12H,10-11H2/b15-12+. The predicted octanol–water partition coefficient (Wildman–Crippen LogP) is 5.42. The molecule has 0 spiro atoms. The predicted molar refractivity (Wildman–Crippen MR) is 91.5 cm³/mol. The lowest BCUT2D eigenvalue weighted by molar-refractivity contribution is 0.103. The van der Waals surface area contributed by atoms with Crippen molar-refractivity contribution in [1.29, 1.82) is 0 Å². The second-order valence-corrected chi connectivity index (χ2v) is 5.54. The van der Waals surface area contributed by atoms with Crippen LogP contribution < -0.4 is 0 Å². The summed E-state index contributed by atoms with van der Waals surface area (Å²) in [5.41, 5.74) is 10.6. The molecule has 2 aromatic carbocycles. The zero-order chi connectivity index (χ0) is 15.8. The third-order valence-corrected chi connectivity index (χ3v) is 3.61. The number of carbonyl (C=O) groups is 1. The summed E-state index contributed by atoms with van der Waals surface area (Å²) in [6, 6.07) is 16.8. The van der Waals surface area contributed by atoms with Crippen LogP contribution in [0.25, 0.3) is 16.5 Å². The molecular weight excluding hydrogens is 342 g/mol. The van der Waals surface area contributed by atoms with Crippen molar-refractivity contribution >= 4 is 27.8 Å². The van der Waals surface area contributed by atoms with Gasteiger partial charge in [-0.05, 0) is 35.7 Å². The van der Waals surface area contributed by atoms with Crippen molar-refractivity contribution in [2.45, 2.75) is 6.42 Å². The molecule has 0 amide bonds. The first-order valence-electron chi connectivity index (χ1n) is 6.77. The second-order valence-electron chi connectivity index (χ2n) is 4.62. The summed E-state index contributed by atoms with van der Waals surface area (Å²) >= 11 is 3.39. The van der Waals surface area contributed by atoms with Gasteiger partial charge in [0.15, 0.2) is 5.78 Å². The topological polar surface area (TPSA) is 65.8 Å². The van der Waals surface area contributed by atoms with Crippen LogP contribution in [0.1, 0.15) is 22.3 Å². The van der Waals surface area contributed by atoms with E-state index < -0.39 is 0 Å². The van der Waals surface area contributed by atoms with Crippen molar-refractivity contribution in [3.05, 3.63) is 86.2 Å². The first-order valence-corrected chi connectivity index (χ1v) is 7.57. The summed E-state index contributed by atoms with van der Waals surface area (Å²) in [5.74, 6) is -0.0448. The van der Waals surface area contributed by atoms with E-state index in [1.54, 1.807) is 12.1 Å². The number of hydrogen-bond donors (Lipinski definition) is 0. The Morgan fingerprint density at radius 3 is 2.45 bits per heavy atom. The molecule has 0 unspecified atom stereocenters. The molecule has 0 atom stereocenters. The van der Waals surface area contributed by atoms with Crippen molar-refractivity contribution < 1.29 is 4.79 Å². The zero-order valence-corrected chi connectivity index (χ0v) is 13.4. The molecule has 2 rings (SSSR count). The largest absolute Gasteiger partial charge is 0.289 e. The van der Waals surface area contributed by atoms with E-state index in [0.717, 1.165) is 10.0 Å². The molecule has 0 aliphatic carbocycles. The molecule has 0 aliphatic rings. The summed E-state index contributed by atoms with van der Waals surface area (Å²) in [6.45, 7) is 0.261. The first-order chi connectivity index (χ1) is 10.7. The maximum atomic E-state index is 12.6. The molecular formula is C17H14BrN3O. The number of carbonyl (C=O) groups excluding carboxylic acids is 1. The highest BCUT2D eigenvalue weighted by atomic mass is 79.9. The summed E-state index contributed by atoms with van der Waals surface area (Å²) in [6.07, 6.45) is 2.25. The van der Waals surface area contributed by atoms with Gasteiger partial charge < -0.3 is 0 Å². The van der Waals surface area contributed by atoms with Gasteiger partial charge in [-0.2, -0.15) is 0 Å². The van der Waals surface area contributed by atoms with Crippen LogP contribution in [0.5, 0.6) is 0 Å². The number of nitrogens with zero attached hydrogens (tertiary/aromatic N) is 3. The fourth-order valence-electron chi connectivity index (χ4n) is 2.00. The molecule has 0 saturated carbocycles. The number of hydrogen-bond acceptors (Lipinski definition) is 2. The van der Waals surface area contributed by atoms with Crippen LogP contribution in [0, 0.1) is 0 Å². The van der Waals surface area contributed by atoms with Gasteiger partial charge >= 0.3 is 0 Å². The van der Waals surface area contributed by atoms with Crippen molar-refractivity contribution in [3.63, 3.8) is 0 Å². The van der Waals surface area contributed by atoms with E-state index in [0.29, 0.717) is 17.6 Å². The van der Waals surface area contributed by atoms with E-state index in [-0.39, 0.29) is 12.3 Å². The van der Waals surface area contributed by atoms with Crippen molar-refractivity contribution in [2.24, 2.45) is 5.11 Å². The van der Waals surface area contributed by atoms with E-state index in [1.165, 1.54) is 0 Å². The molecule has 0 bridgehead atoms. The average molecular weight is 356 g/mol. The number of benzene rings is 2. The van der Waals surface area contributed by atoms with Gasteiger partial charge in [-0.1, -0.05) is 63.5 Å². The number of Topliss-reactive ketones (excluding diaryl/α,β-unsaturated/α-hetero) is 1. The van der Waals surface area contributed by atoms with Crippen molar-refractivity contribution in [3.8, 4) is 0 Å². The van der Waals surface area contributed by atoms with Crippen LogP contribution in [0.3, 0.4) is 0 Å². The van der Waals surface area contributed by atoms with E-state index in [2.05, 4.69) is 26.0 Å². The van der Waals surface area contributed by atoms with Crippen LogP contribution in [0.15, 0.2) is 69.8 Å². The Hall–Kier alpha value is -2.36. The van der Waals surface area contributed by atoms with Crippen molar-refractivity contribution in [2.75, 3.05) is 6.54 Å². The molecule has 110 valence electrons. The Morgan fingerprint density at radius 1 is 1.14 bits per heavy atom. The van der Waals surface area contributed by atoms with E-state index in [4.69, 9.17) is 5.53 Å². The van der Waals surface area contributed by atoms with Gasteiger partial charge in [0.25, 0.3) is 0 Å². The molecule has 0 aliphatic heterocycles. The van der Waals surface area contributed by atoms with E-state index in [1.807, 2.05) is 48.5 Å². The summed E-state index contributed by atoms with van der Waals surface area (Å²) in [7, 11) is 0. The van der Waals surface area contributed by atoms with Gasteiger partial charge in [-0.15, -0.1) is 0 Å². The fraction of sp³-hybridized carbons (Fsp3) is 0.118. The highest BCUT2D eigenvalue weighted by Gasteiger charge is 2.11. The molecule has 0 N–H and O–H groups in total. The fourth-order valence-corrected chi connectivity index (χ4v) is 2.27. The van der Waals surface area contributed by atoms with Crippen LogP contribution in [0.4, 0.5) is 0 Å². The summed E-state index contributed by atoms with van der Waals surface area (Å²) in [4.78, 5) is 15.3. The molecule has 0 saturated heterocycles. The van der Waals surface area contributed by atoms with Gasteiger partial charge in [-0.25, -0.2) is 0 Å². The molecule has 0 radical (unpaired) electrons. The van der Waals surface area contributed by atoms with Crippen LogP contribution in [0.2, 0.25) is 0 Å². The highest BCUT2D eigenvalue weighted by Crippen LogP contribution is 2.18. The Balaban J connectivity index is 2.31. The molecule has 0 fully saturated rings. The molecule has 22 heavy (non-hydrogen) atoms. The zero-order valence-electron chi connectivity index (χ0n) is 11.8. The Morgan fingerprint density at radius 2 is 1.82 bits per heavy atom. The van der Waals surface area contributed by atoms with Crippen LogP contribution in [-0.4, -0.2) is 12.3 Å². The SMILES string of the molecule is [N-]=[N+]=NCC/C(=C\c1ccc(Br)cc1)C(=O)c1ccccc1. The number of halogens is 1. The first kappa shape index (κ1) is 16.0. The summed E-state index contributed by atoms with van der Waals surface area (Å²) in [5, 5.41) is 3.52. The minimum Gasteiger partial charge on any atom is -0.289 e. The lowest BCUT2D eigenvalue weighted by Crippen LogP contribution is -2.04. The highest BCUT2D eigenvalue weighted by molar-refractivity contribution is 9.10. The van der Waals surface area contributed by atoms with Gasteiger partial charge in [0.1, 0.15) is 0 Å². The quantitative estimate of drug-likeness (QED) is 0.224. The van der Waals surface area contributed by atoms with Crippen molar-refractivity contribution in [1.82, 2.24) is 0 Å². The summed E-state index contributed by atoms with van der Waals surface area (Å²) < 4.78 is 0.981. The minimum absolute atomic E-state index is 0.0448. The molecule has 2 aromatic rings. The Labute approximate surface area is 137 Å². The number of ketones is 1. The number of azide groups is 1. The molecule has 0 aromatic heterocycles. The average Bonchev–Trinajstić information content (AvgIpc) is 2.56. The third-order valence-electron chi connectivity index (χ3n) is 3.08. The molecule has 0 heterocycles. The molecule has 4 nitrogen and oxygen atoms in total. The Kier molecular flexibility index (Phi) is 5.95. The van der Waals surface area contributed by atoms with E-state index >= 15 is 0 Å². The molecule has 5 heteroatoms. The van der Waals surface area contributed by atoms with Gasteiger partial charge in [0.05, 0.1) is 0 Å². The lowest BCUT2D eigenvalue weighted by atomic mass is 9.98. The smallest absolute Gasteiger partial charge is 0.189 e. The second kappa shape index (κ2) is 8.17.